The van der Waals surface area contributed by atoms with Crippen LogP contribution in [-0.2, 0) is 9.53 Å². The van der Waals surface area contributed by atoms with Gasteiger partial charge in [0.25, 0.3) is 5.91 Å². The predicted molar refractivity (Wildman–Crippen MR) is 105 cm³/mol. The van der Waals surface area contributed by atoms with Crippen LogP contribution in [0.3, 0.4) is 0 Å². The van der Waals surface area contributed by atoms with Gasteiger partial charge in [-0.3, -0.25) is 9.78 Å². The maximum Gasteiger partial charge on any atom is 0.407 e. The molecule has 0 saturated carbocycles. The molecule has 3 rings (SSSR count). The summed E-state index contributed by atoms with van der Waals surface area (Å²) in [6.07, 6.45) is 6.39. The number of amides is 2. The quantitative estimate of drug-likeness (QED) is 0.815. The maximum atomic E-state index is 11.5. The standard InChI is InChI=1S/C20H26N4O3/c1-21-19(25)14-27-20(26)23-9-6-15-7-10-24(11-8-15)18-13-22-12-16-4-2-3-5-17(16)18/h2-5,12-13,15H,6-11,14H2,1H3,(H,21,25)(H,23,26). The third-order valence-corrected chi connectivity index (χ3v) is 5.04. The molecule has 2 amide bonds. The number of carbonyl (C=O) groups is 2. The van der Waals surface area contributed by atoms with Crippen LogP contribution in [0, 0.1) is 5.92 Å². The number of carbonyl (C=O) groups excluding carboxylic acids is 2. The minimum Gasteiger partial charge on any atom is -0.439 e. The van der Waals surface area contributed by atoms with Gasteiger partial charge >= 0.3 is 6.09 Å². The first-order valence-corrected chi connectivity index (χ1v) is 9.36. The molecule has 0 aliphatic carbocycles. The number of nitrogens with one attached hydrogen (secondary N) is 2. The zero-order chi connectivity index (χ0) is 19.1. The molecule has 0 unspecified atom stereocenters. The second-order valence-electron chi connectivity index (χ2n) is 6.77. The van der Waals surface area contributed by atoms with E-state index in [4.69, 9.17) is 4.74 Å². The number of ether oxygens (including phenoxy) is 1. The fourth-order valence-corrected chi connectivity index (χ4v) is 3.45. The van der Waals surface area contributed by atoms with E-state index < -0.39 is 6.09 Å². The lowest BCUT2D eigenvalue weighted by molar-refractivity contribution is -0.123. The number of pyridine rings is 1. The zero-order valence-corrected chi connectivity index (χ0v) is 15.6. The van der Waals surface area contributed by atoms with Crippen molar-refractivity contribution in [3.05, 3.63) is 36.7 Å². The number of hydrogen-bond donors (Lipinski definition) is 2. The Balaban J connectivity index is 1.43. The zero-order valence-electron chi connectivity index (χ0n) is 15.6. The number of alkyl carbamates (subject to hydrolysis) is 1. The minimum atomic E-state index is -0.544. The van der Waals surface area contributed by atoms with Crippen molar-refractivity contribution in [3.63, 3.8) is 0 Å². The topological polar surface area (TPSA) is 83.6 Å². The number of fused-ring (bicyclic) bond motifs is 1. The summed E-state index contributed by atoms with van der Waals surface area (Å²) in [4.78, 5) is 29.4. The summed E-state index contributed by atoms with van der Waals surface area (Å²) >= 11 is 0. The summed E-state index contributed by atoms with van der Waals surface area (Å²) in [5, 5.41) is 7.52. The molecule has 0 bridgehead atoms. The molecule has 1 saturated heterocycles. The second kappa shape index (κ2) is 9.21. The van der Waals surface area contributed by atoms with E-state index in [1.165, 1.54) is 18.1 Å². The Kier molecular flexibility index (Phi) is 6.46. The molecule has 1 aromatic carbocycles. The van der Waals surface area contributed by atoms with E-state index in [9.17, 15) is 9.59 Å². The number of anilines is 1. The van der Waals surface area contributed by atoms with E-state index in [1.807, 2.05) is 18.5 Å². The number of nitrogens with zero attached hydrogens (tertiary/aromatic N) is 2. The van der Waals surface area contributed by atoms with Crippen molar-refractivity contribution < 1.29 is 14.3 Å². The van der Waals surface area contributed by atoms with Gasteiger partial charge in [-0.25, -0.2) is 4.79 Å². The average Bonchev–Trinajstić information content (AvgIpc) is 2.72. The summed E-state index contributed by atoms with van der Waals surface area (Å²) in [7, 11) is 1.50. The van der Waals surface area contributed by atoms with Gasteiger partial charge in [0.05, 0.1) is 11.9 Å². The first-order valence-electron chi connectivity index (χ1n) is 9.36. The Morgan fingerprint density at radius 1 is 1.22 bits per heavy atom. The molecule has 144 valence electrons. The summed E-state index contributed by atoms with van der Waals surface area (Å²) in [5.41, 5.74) is 1.20. The van der Waals surface area contributed by atoms with Crippen molar-refractivity contribution in [1.82, 2.24) is 15.6 Å². The van der Waals surface area contributed by atoms with Gasteiger partial charge in [0, 0.05) is 43.7 Å². The van der Waals surface area contributed by atoms with Crippen LogP contribution in [0.1, 0.15) is 19.3 Å². The SMILES string of the molecule is CNC(=O)COC(=O)NCCC1CCN(c2cncc3ccccc23)CC1. The number of rotatable bonds is 6. The normalized spacial score (nSPS) is 14.8. The Labute approximate surface area is 159 Å². The smallest absolute Gasteiger partial charge is 0.407 e. The van der Waals surface area contributed by atoms with Gasteiger partial charge < -0.3 is 20.3 Å². The van der Waals surface area contributed by atoms with Crippen LogP contribution in [-0.4, -0.2) is 50.3 Å². The molecular formula is C20H26N4O3. The summed E-state index contributed by atoms with van der Waals surface area (Å²) in [5.74, 6) is 0.254. The largest absolute Gasteiger partial charge is 0.439 e. The molecule has 0 atom stereocenters. The van der Waals surface area contributed by atoms with Crippen molar-refractivity contribution in [3.8, 4) is 0 Å². The molecule has 7 heteroatoms. The van der Waals surface area contributed by atoms with Crippen molar-refractivity contribution in [1.29, 1.82) is 0 Å². The Hall–Kier alpha value is -2.83. The molecule has 2 heterocycles. The highest BCUT2D eigenvalue weighted by atomic mass is 16.6. The van der Waals surface area contributed by atoms with E-state index in [2.05, 4.69) is 38.7 Å². The minimum absolute atomic E-state index is 0.250. The van der Waals surface area contributed by atoms with Gasteiger partial charge in [-0.1, -0.05) is 24.3 Å². The molecule has 2 aromatic rings. The van der Waals surface area contributed by atoms with Gasteiger partial charge in [0.15, 0.2) is 6.61 Å². The lowest BCUT2D eigenvalue weighted by Crippen LogP contribution is -2.36. The van der Waals surface area contributed by atoms with Gasteiger partial charge in [-0.2, -0.15) is 0 Å². The fourth-order valence-electron chi connectivity index (χ4n) is 3.45. The molecular weight excluding hydrogens is 344 g/mol. The van der Waals surface area contributed by atoms with Gasteiger partial charge in [0.2, 0.25) is 0 Å². The Bertz CT molecular complexity index is 782. The second-order valence-corrected chi connectivity index (χ2v) is 6.77. The van der Waals surface area contributed by atoms with Crippen LogP contribution in [0.2, 0.25) is 0 Å². The first kappa shape index (κ1) is 18.9. The number of aromatic nitrogens is 1. The Morgan fingerprint density at radius 3 is 2.78 bits per heavy atom. The molecule has 1 fully saturated rings. The monoisotopic (exact) mass is 370 g/mol. The number of hydrogen-bond acceptors (Lipinski definition) is 5. The van der Waals surface area contributed by atoms with Crippen molar-refractivity contribution in [2.75, 3.05) is 38.2 Å². The van der Waals surface area contributed by atoms with Crippen LogP contribution in [0.5, 0.6) is 0 Å². The number of likely N-dealkylation sites (N-methyl/N-ethyl adjacent to an activating group) is 1. The summed E-state index contributed by atoms with van der Waals surface area (Å²) < 4.78 is 4.82. The van der Waals surface area contributed by atoms with Crippen LogP contribution >= 0.6 is 0 Å². The predicted octanol–water partition coefficient (Wildman–Crippen LogP) is 2.31. The van der Waals surface area contributed by atoms with Gasteiger partial charge in [0.1, 0.15) is 0 Å². The molecule has 0 radical (unpaired) electrons. The van der Waals surface area contributed by atoms with Crippen molar-refractivity contribution in [2.45, 2.75) is 19.3 Å². The molecule has 0 spiro atoms. The van der Waals surface area contributed by atoms with Crippen LogP contribution in [0.4, 0.5) is 10.5 Å². The molecule has 7 nitrogen and oxygen atoms in total. The highest BCUT2D eigenvalue weighted by Crippen LogP contribution is 2.30. The summed E-state index contributed by atoms with van der Waals surface area (Å²) in [6, 6.07) is 8.33. The highest BCUT2D eigenvalue weighted by Gasteiger charge is 2.21. The van der Waals surface area contributed by atoms with Crippen molar-refractivity contribution in [2.24, 2.45) is 5.92 Å². The van der Waals surface area contributed by atoms with E-state index in [0.717, 1.165) is 37.7 Å². The van der Waals surface area contributed by atoms with E-state index >= 15 is 0 Å². The first-order chi connectivity index (χ1) is 13.2. The third-order valence-electron chi connectivity index (χ3n) is 5.04. The lowest BCUT2D eigenvalue weighted by Gasteiger charge is -2.34. The van der Waals surface area contributed by atoms with E-state index in [-0.39, 0.29) is 12.5 Å². The molecule has 1 aromatic heterocycles. The van der Waals surface area contributed by atoms with Crippen molar-refractivity contribution >= 4 is 28.5 Å². The fraction of sp³-hybridized carbons (Fsp3) is 0.450. The molecule has 1 aliphatic heterocycles. The number of piperidine rings is 1. The lowest BCUT2D eigenvalue weighted by atomic mass is 9.93. The van der Waals surface area contributed by atoms with Crippen LogP contribution in [0.15, 0.2) is 36.7 Å². The molecule has 27 heavy (non-hydrogen) atoms. The average molecular weight is 370 g/mol. The highest BCUT2D eigenvalue weighted by molar-refractivity contribution is 5.93. The van der Waals surface area contributed by atoms with Crippen LogP contribution in [0.25, 0.3) is 10.8 Å². The van der Waals surface area contributed by atoms with Gasteiger partial charge in [-0.15, -0.1) is 0 Å². The molecule has 1 aliphatic rings. The number of benzene rings is 1. The van der Waals surface area contributed by atoms with E-state index in [0.29, 0.717) is 12.5 Å². The van der Waals surface area contributed by atoms with Crippen LogP contribution < -0.4 is 15.5 Å². The third kappa shape index (κ3) is 5.09. The molecule has 2 N–H and O–H groups in total. The Morgan fingerprint density at radius 2 is 2.00 bits per heavy atom. The summed E-state index contributed by atoms with van der Waals surface area (Å²) in [6.45, 7) is 2.29. The van der Waals surface area contributed by atoms with Gasteiger partial charge in [-0.05, 0) is 25.2 Å². The van der Waals surface area contributed by atoms with E-state index in [1.54, 1.807) is 0 Å². The maximum absolute atomic E-state index is 11.5.